The Labute approximate surface area is 160 Å². The molecule has 2 aromatic carbocycles. The molecular formula is C23H24N2O2. The van der Waals surface area contributed by atoms with Gasteiger partial charge in [0.05, 0.1) is 0 Å². The fourth-order valence-corrected chi connectivity index (χ4v) is 2.66. The van der Waals surface area contributed by atoms with E-state index in [9.17, 15) is 4.79 Å². The van der Waals surface area contributed by atoms with Crippen molar-refractivity contribution in [3.05, 3.63) is 66.5 Å². The van der Waals surface area contributed by atoms with Gasteiger partial charge in [0.25, 0.3) is 0 Å². The molecule has 0 aliphatic rings. The highest BCUT2D eigenvalue weighted by molar-refractivity contribution is 5.72. The fraction of sp³-hybridized carbons (Fsp3) is 0.261. The molecule has 138 valence electrons. The second-order valence-electron chi connectivity index (χ2n) is 7.47. The molecule has 0 spiro atoms. The normalized spacial score (nSPS) is 11.3. The number of ether oxygens (including phenoxy) is 1. The monoisotopic (exact) mass is 360 g/mol. The summed E-state index contributed by atoms with van der Waals surface area (Å²) in [5.74, 6) is 0.917. The molecule has 0 saturated heterocycles. The van der Waals surface area contributed by atoms with E-state index in [0.29, 0.717) is 18.0 Å². The molecular weight excluding hydrogens is 336 g/mol. The van der Waals surface area contributed by atoms with Crippen molar-refractivity contribution >= 4 is 5.97 Å². The highest BCUT2D eigenvalue weighted by Crippen LogP contribution is 2.26. The maximum atomic E-state index is 11.3. The second-order valence-corrected chi connectivity index (χ2v) is 7.47. The minimum Gasteiger partial charge on any atom is -0.427 e. The quantitative estimate of drug-likeness (QED) is 0.460. The fourth-order valence-electron chi connectivity index (χ4n) is 2.66. The molecule has 0 fully saturated rings. The summed E-state index contributed by atoms with van der Waals surface area (Å²) in [6.45, 7) is 8.37. The Morgan fingerprint density at radius 2 is 1.41 bits per heavy atom. The van der Waals surface area contributed by atoms with Crippen molar-refractivity contribution in [1.82, 2.24) is 9.97 Å². The Hall–Kier alpha value is -3.01. The van der Waals surface area contributed by atoms with Crippen molar-refractivity contribution in [2.45, 2.75) is 39.5 Å². The predicted octanol–water partition coefficient (Wildman–Crippen LogP) is 5.42. The number of hydrogen-bond donors (Lipinski definition) is 0. The molecule has 1 heterocycles. The summed E-state index contributed by atoms with van der Waals surface area (Å²) >= 11 is 0. The third kappa shape index (κ3) is 4.59. The smallest absolute Gasteiger partial charge is 0.310 e. The zero-order chi connectivity index (χ0) is 19.4. The SMILES string of the molecule is CCC(=O)Oc1ccc(-c2ncc(-c3ccc(C(C)(C)C)cc3)cn2)cc1. The van der Waals surface area contributed by atoms with Crippen LogP contribution in [0.1, 0.15) is 39.7 Å². The molecule has 27 heavy (non-hydrogen) atoms. The third-order valence-electron chi connectivity index (χ3n) is 4.37. The van der Waals surface area contributed by atoms with E-state index >= 15 is 0 Å². The molecule has 0 saturated carbocycles. The van der Waals surface area contributed by atoms with Gasteiger partial charge < -0.3 is 4.74 Å². The van der Waals surface area contributed by atoms with Gasteiger partial charge in [-0.3, -0.25) is 4.79 Å². The van der Waals surface area contributed by atoms with E-state index in [1.165, 1.54) is 5.56 Å². The van der Waals surface area contributed by atoms with Crippen molar-refractivity contribution in [3.8, 4) is 28.3 Å². The maximum absolute atomic E-state index is 11.3. The minimum absolute atomic E-state index is 0.135. The van der Waals surface area contributed by atoms with Crippen molar-refractivity contribution in [2.75, 3.05) is 0 Å². The van der Waals surface area contributed by atoms with Gasteiger partial charge in [0, 0.05) is 29.9 Å². The lowest BCUT2D eigenvalue weighted by Gasteiger charge is -2.19. The third-order valence-corrected chi connectivity index (χ3v) is 4.37. The number of nitrogens with zero attached hydrogens (tertiary/aromatic N) is 2. The van der Waals surface area contributed by atoms with E-state index < -0.39 is 0 Å². The van der Waals surface area contributed by atoms with E-state index in [2.05, 4.69) is 55.0 Å². The topological polar surface area (TPSA) is 52.1 Å². The van der Waals surface area contributed by atoms with Gasteiger partial charge in [0.2, 0.25) is 0 Å². The van der Waals surface area contributed by atoms with Gasteiger partial charge in [-0.1, -0.05) is 52.0 Å². The van der Waals surface area contributed by atoms with Crippen LogP contribution in [0.4, 0.5) is 0 Å². The molecule has 0 radical (unpaired) electrons. The summed E-state index contributed by atoms with van der Waals surface area (Å²) < 4.78 is 5.19. The Bertz CT molecular complexity index is 907. The molecule has 0 amide bonds. The van der Waals surface area contributed by atoms with Gasteiger partial charge in [-0.25, -0.2) is 9.97 Å². The maximum Gasteiger partial charge on any atom is 0.310 e. The molecule has 0 aliphatic heterocycles. The van der Waals surface area contributed by atoms with E-state index in [1.54, 1.807) is 19.1 Å². The van der Waals surface area contributed by atoms with Gasteiger partial charge in [0.15, 0.2) is 5.82 Å². The number of carbonyl (C=O) groups is 1. The number of carbonyl (C=O) groups excluding carboxylic acids is 1. The molecule has 0 unspecified atom stereocenters. The zero-order valence-electron chi connectivity index (χ0n) is 16.2. The summed E-state index contributed by atoms with van der Waals surface area (Å²) in [7, 11) is 0. The van der Waals surface area contributed by atoms with Crippen LogP contribution in [0.2, 0.25) is 0 Å². The lowest BCUT2D eigenvalue weighted by Crippen LogP contribution is -2.10. The number of benzene rings is 2. The Morgan fingerprint density at radius 3 is 1.93 bits per heavy atom. The molecule has 4 heteroatoms. The Kier molecular flexibility index (Phi) is 5.36. The summed E-state index contributed by atoms with van der Waals surface area (Å²) in [5.41, 5.74) is 4.38. The van der Waals surface area contributed by atoms with Crippen LogP contribution in [0.5, 0.6) is 5.75 Å². The summed E-state index contributed by atoms with van der Waals surface area (Å²) in [4.78, 5) is 20.3. The van der Waals surface area contributed by atoms with Crippen LogP contribution in [0, 0.1) is 0 Å². The number of rotatable bonds is 4. The van der Waals surface area contributed by atoms with Crippen molar-refractivity contribution in [1.29, 1.82) is 0 Å². The lowest BCUT2D eigenvalue weighted by molar-refractivity contribution is -0.134. The van der Waals surface area contributed by atoms with Crippen LogP contribution < -0.4 is 4.74 Å². The van der Waals surface area contributed by atoms with E-state index in [1.807, 2.05) is 24.5 Å². The molecule has 0 N–H and O–H groups in total. The van der Waals surface area contributed by atoms with Crippen LogP contribution in [0.3, 0.4) is 0 Å². The first-order valence-electron chi connectivity index (χ1n) is 9.11. The number of esters is 1. The predicted molar refractivity (Wildman–Crippen MR) is 108 cm³/mol. The van der Waals surface area contributed by atoms with Crippen LogP contribution in [-0.2, 0) is 10.2 Å². The molecule has 0 aliphatic carbocycles. The van der Waals surface area contributed by atoms with Crippen LogP contribution in [0.25, 0.3) is 22.5 Å². The first-order chi connectivity index (χ1) is 12.9. The van der Waals surface area contributed by atoms with Gasteiger partial charge in [-0.15, -0.1) is 0 Å². The van der Waals surface area contributed by atoms with Crippen molar-refractivity contribution in [2.24, 2.45) is 0 Å². The number of aromatic nitrogens is 2. The molecule has 0 atom stereocenters. The van der Waals surface area contributed by atoms with Crippen LogP contribution >= 0.6 is 0 Å². The lowest BCUT2D eigenvalue weighted by atomic mass is 9.86. The van der Waals surface area contributed by atoms with Crippen LogP contribution in [0.15, 0.2) is 60.9 Å². The van der Waals surface area contributed by atoms with Crippen molar-refractivity contribution in [3.63, 3.8) is 0 Å². The largest absolute Gasteiger partial charge is 0.427 e. The van der Waals surface area contributed by atoms with Gasteiger partial charge >= 0.3 is 5.97 Å². The second kappa shape index (κ2) is 7.70. The molecule has 1 aromatic heterocycles. The standard InChI is InChI=1S/C23H24N2O2/c1-5-21(26)27-20-12-8-17(9-13-20)22-24-14-18(15-25-22)16-6-10-19(11-7-16)23(2,3)4/h6-15H,5H2,1-4H3. The summed E-state index contributed by atoms with van der Waals surface area (Å²) in [6, 6.07) is 15.7. The highest BCUT2D eigenvalue weighted by Gasteiger charge is 2.13. The minimum atomic E-state index is -0.249. The molecule has 3 rings (SSSR count). The highest BCUT2D eigenvalue weighted by atomic mass is 16.5. The average molecular weight is 360 g/mol. The number of hydrogen-bond acceptors (Lipinski definition) is 4. The average Bonchev–Trinajstić information content (AvgIpc) is 2.68. The zero-order valence-corrected chi connectivity index (χ0v) is 16.2. The summed E-state index contributed by atoms with van der Waals surface area (Å²) in [5, 5.41) is 0. The van der Waals surface area contributed by atoms with Gasteiger partial charge in [0.1, 0.15) is 5.75 Å². The molecule has 3 aromatic rings. The molecule has 4 nitrogen and oxygen atoms in total. The van der Waals surface area contributed by atoms with E-state index in [-0.39, 0.29) is 11.4 Å². The van der Waals surface area contributed by atoms with Gasteiger partial charge in [-0.05, 0) is 40.8 Å². The van der Waals surface area contributed by atoms with Gasteiger partial charge in [-0.2, -0.15) is 0 Å². The summed E-state index contributed by atoms with van der Waals surface area (Å²) in [6.07, 6.45) is 4.02. The van der Waals surface area contributed by atoms with Crippen molar-refractivity contribution < 1.29 is 9.53 Å². The van der Waals surface area contributed by atoms with E-state index in [4.69, 9.17) is 4.74 Å². The first-order valence-corrected chi connectivity index (χ1v) is 9.11. The van der Waals surface area contributed by atoms with E-state index in [0.717, 1.165) is 16.7 Å². The Morgan fingerprint density at radius 1 is 0.852 bits per heavy atom. The molecule has 0 bridgehead atoms. The first kappa shape index (κ1) is 18.8. The Balaban J connectivity index is 1.76. The van der Waals surface area contributed by atoms with Crippen LogP contribution in [-0.4, -0.2) is 15.9 Å².